The zero-order chi connectivity index (χ0) is 14.3. The lowest BCUT2D eigenvalue weighted by Crippen LogP contribution is -2.20. The summed E-state index contributed by atoms with van der Waals surface area (Å²) in [6, 6.07) is 6.62. The number of nitrogens with zero attached hydrogens (tertiary/aromatic N) is 1. The Morgan fingerprint density at radius 1 is 1.05 bits per heavy atom. The fourth-order valence-electron chi connectivity index (χ4n) is 1.52. The second-order valence-corrected chi connectivity index (χ2v) is 5.90. The van der Waals surface area contributed by atoms with Gasteiger partial charge in [0.15, 0.2) is 0 Å². The van der Waals surface area contributed by atoms with Crippen LogP contribution < -0.4 is 0 Å². The molecule has 0 amide bonds. The van der Waals surface area contributed by atoms with Crippen LogP contribution in [0.1, 0.15) is 5.69 Å². The smallest absolute Gasteiger partial charge is 0.237 e. The first kappa shape index (κ1) is 14.0. The maximum Gasteiger partial charge on any atom is 0.432 e. The van der Waals surface area contributed by atoms with E-state index in [1.165, 1.54) is 12.1 Å². The topological polar surface area (TPSA) is 39.1 Å². The molecule has 0 saturated heterocycles. The Hall–Kier alpha value is -1.47. The molecule has 1 aromatic carbocycles. The molecule has 0 radical (unpaired) electrons. The van der Waals surface area contributed by atoms with Crippen LogP contribution in [0.15, 0.2) is 47.5 Å². The van der Waals surface area contributed by atoms with Crippen molar-refractivity contribution in [2.24, 2.45) is 0 Å². The number of hydrogen-bond donors (Lipinski definition) is 0. The van der Waals surface area contributed by atoms with Gasteiger partial charge in [-0.2, -0.15) is 13.2 Å². The van der Waals surface area contributed by atoms with E-state index in [4.69, 9.17) is 11.6 Å². The van der Waals surface area contributed by atoms with Crippen LogP contribution >= 0.6 is 11.6 Å². The fourth-order valence-corrected chi connectivity index (χ4v) is 3.00. The van der Waals surface area contributed by atoms with E-state index in [-0.39, 0.29) is 8.87 Å². The minimum atomic E-state index is -4.75. The van der Waals surface area contributed by atoms with Gasteiger partial charge in [-0.15, -0.1) is 0 Å². The Morgan fingerprint density at radius 2 is 1.63 bits per heavy atom. The van der Waals surface area contributed by atoms with Gasteiger partial charge in [0.2, 0.25) is 0 Å². The molecule has 0 aliphatic heterocycles. The normalized spacial score (nSPS) is 12.6. The molecule has 0 atom stereocenters. The van der Waals surface area contributed by atoms with Crippen LogP contribution in [0, 0.1) is 0 Å². The van der Waals surface area contributed by atoms with Crippen LogP contribution in [0.25, 0.3) is 0 Å². The number of halogens is 4. The average Bonchev–Trinajstić information content (AvgIpc) is 2.78. The van der Waals surface area contributed by atoms with Gasteiger partial charge >= 0.3 is 6.18 Å². The van der Waals surface area contributed by atoms with Gasteiger partial charge in [0, 0.05) is 11.2 Å². The van der Waals surface area contributed by atoms with Crippen molar-refractivity contribution in [3.05, 3.63) is 53.3 Å². The molecular weight excluding hydrogens is 303 g/mol. The molecule has 0 aliphatic rings. The molecule has 0 fully saturated rings. The second-order valence-electron chi connectivity index (χ2n) is 3.65. The van der Waals surface area contributed by atoms with Gasteiger partial charge < -0.3 is 0 Å². The predicted octanol–water partition coefficient (Wildman–Crippen LogP) is 3.40. The first-order valence-corrected chi connectivity index (χ1v) is 6.80. The lowest BCUT2D eigenvalue weighted by atomic mass is 10.4. The van der Waals surface area contributed by atoms with E-state index < -0.39 is 21.9 Å². The van der Waals surface area contributed by atoms with Gasteiger partial charge in [0.1, 0.15) is 5.69 Å². The third-order valence-corrected chi connectivity index (χ3v) is 4.33. The van der Waals surface area contributed by atoms with Gasteiger partial charge in [0.05, 0.1) is 4.90 Å². The highest BCUT2D eigenvalue weighted by Crippen LogP contribution is 2.31. The van der Waals surface area contributed by atoms with Crippen molar-refractivity contribution in [2.45, 2.75) is 11.1 Å². The third kappa shape index (κ3) is 2.62. The molecule has 1 aromatic heterocycles. The summed E-state index contributed by atoms with van der Waals surface area (Å²) in [5.74, 6) is 0. The Morgan fingerprint density at radius 3 is 2.16 bits per heavy atom. The molecule has 0 N–H and O–H groups in total. The van der Waals surface area contributed by atoms with E-state index in [0.717, 1.165) is 24.4 Å². The van der Waals surface area contributed by atoms with Gasteiger partial charge in [-0.25, -0.2) is 12.4 Å². The number of benzene rings is 1. The zero-order valence-electron chi connectivity index (χ0n) is 9.23. The summed E-state index contributed by atoms with van der Waals surface area (Å²) in [6.45, 7) is 0. The number of aromatic nitrogens is 1. The Balaban J connectivity index is 2.58. The van der Waals surface area contributed by atoms with Crippen LogP contribution in [-0.4, -0.2) is 12.4 Å². The van der Waals surface area contributed by atoms with Gasteiger partial charge in [0.25, 0.3) is 10.0 Å². The van der Waals surface area contributed by atoms with Crippen molar-refractivity contribution in [3.8, 4) is 0 Å². The highest BCUT2D eigenvalue weighted by atomic mass is 35.5. The highest BCUT2D eigenvalue weighted by Gasteiger charge is 2.37. The van der Waals surface area contributed by atoms with Crippen LogP contribution in [0.3, 0.4) is 0 Å². The van der Waals surface area contributed by atoms with Crippen molar-refractivity contribution >= 4 is 21.6 Å². The van der Waals surface area contributed by atoms with Gasteiger partial charge in [-0.3, -0.25) is 0 Å². The summed E-state index contributed by atoms with van der Waals surface area (Å²) in [5.41, 5.74) is -1.25. The van der Waals surface area contributed by atoms with E-state index in [9.17, 15) is 21.6 Å². The van der Waals surface area contributed by atoms with E-state index in [2.05, 4.69) is 0 Å². The zero-order valence-corrected chi connectivity index (χ0v) is 10.8. The molecule has 0 saturated carbocycles. The van der Waals surface area contributed by atoms with Gasteiger partial charge in [-0.05, 0) is 36.4 Å². The molecule has 0 aliphatic carbocycles. The van der Waals surface area contributed by atoms with Crippen molar-refractivity contribution in [3.63, 3.8) is 0 Å². The highest BCUT2D eigenvalue weighted by molar-refractivity contribution is 7.90. The predicted molar refractivity (Wildman–Crippen MR) is 63.5 cm³/mol. The Labute approximate surface area is 112 Å². The Kier molecular flexibility index (Phi) is 3.36. The van der Waals surface area contributed by atoms with Gasteiger partial charge in [-0.1, -0.05) is 11.6 Å². The van der Waals surface area contributed by atoms with Crippen LogP contribution in [0.5, 0.6) is 0 Å². The van der Waals surface area contributed by atoms with E-state index in [1.807, 2.05) is 0 Å². The standard InChI is InChI=1S/C11H7ClF3NO2S/c12-8-3-5-9(6-4-8)19(17,18)16-7-1-2-10(16)11(13,14)15/h1-7H. The summed E-state index contributed by atoms with van der Waals surface area (Å²) >= 11 is 5.61. The molecule has 19 heavy (non-hydrogen) atoms. The molecule has 0 bridgehead atoms. The van der Waals surface area contributed by atoms with Crippen LogP contribution in [-0.2, 0) is 16.2 Å². The molecule has 0 spiro atoms. The molecule has 0 unspecified atom stereocenters. The quantitative estimate of drug-likeness (QED) is 0.853. The van der Waals surface area contributed by atoms with Crippen LogP contribution in [0.4, 0.5) is 13.2 Å². The lowest BCUT2D eigenvalue weighted by Gasteiger charge is -2.12. The van der Waals surface area contributed by atoms with Crippen molar-refractivity contribution in [1.29, 1.82) is 0 Å². The number of hydrogen-bond acceptors (Lipinski definition) is 2. The third-order valence-electron chi connectivity index (χ3n) is 2.37. The van der Waals surface area contributed by atoms with E-state index >= 15 is 0 Å². The number of rotatable bonds is 2. The summed E-state index contributed by atoms with van der Waals surface area (Å²) in [6.07, 6.45) is -3.89. The van der Waals surface area contributed by atoms with Crippen LogP contribution in [0.2, 0.25) is 5.02 Å². The molecule has 3 nitrogen and oxygen atoms in total. The first-order valence-electron chi connectivity index (χ1n) is 4.98. The molecule has 8 heteroatoms. The Bertz CT molecular complexity index is 689. The molecule has 2 rings (SSSR count). The largest absolute Gasteiger partial charge is 0.432 e. The molecule has 2 aromatic rings. The van der Waals surface area contributed by atoms with Crippen molar-refractivity contribution in [2.75, 3.05) is 0 Å². The summed E-state index contributed by atoms with van der Waals surface area (Å²) in [5, 5.41) is 0.294. The monoisotopic (exact) mass is 309 g/mol. The number of alkyl halides is 3. The average molecular weight is 310 g/mol. The summed E-state index contributed by atoms with van der Waals surface area (Å²) in [4.78, 5) is -0.265. The SMILES string of the molecule is O=S(=O)(c1ccc(Cl)cc1)n1cccc1C(F)(F)F. The molecular formula is C11H7ClF3NO2S. The minimum Gasteiger partial charge on any atom is -0.237 e. The van der Waals surface area contributed by atoms with E-state index in [0.29, 0.717) is 11.1 Å². The maximum atomic E-state index is 12.7. The molecule has 102 valence electrons. The minimum absolute atomic E-state index is 0.205. The van der Waals surface area contributed by atoms with Crippen molar-refractivity contribution in [1.82, 2.24) is 3.97 Å². The summed E-state index contributed by atoms with van der Waals surface area (Å²) in [7, 11) is -4.29. The second kappa shape index (κ2) is 4.57. The van der Waals surface area contributed by atoms with E-state index in [1.54, 1.807) is 0 Å². The van der Waals surface area contributed by atoms with Crippen molar-refractivity contribution < 1.29 is 21.6 Å². The molecule has 1 heterocycles. The first-order chi connectivity index (χ1) is 8.73. The fraction of sp³-hybridized carbons (Fsp3) is 0.0909. The maximum absolute atomic E-state index is 12.7. The lowest BCUT2D eigenvalue weighted by molar-refractivity contribution is -0.141. The summed E-state index contributed by atoms with van der Waals surface area (Å²) < 4.78 is 62.4.